The average molecular weight is 221 g/mol. The predicted molar refractivity (Wildman–Crippen MR) is 63.5 cm³/mol. The van der Waals surface area contributed by atoms with Crippen LogP contribution in [0.3, 0.4) is 0 Å². The van der Waals surface area contributed by atoms with E-state index in [1.807, 2.05) is 32.9 Å². The van der Waals surface area contributed by atoms with Crippen LogP contribution in [0, 0.1) is 5.41 Å². The number of amides is 1. The zero-order valence-corrected chi connectivity index (χ0v) is 10.0. The molecule has 0 aromatic carbocycles. The fourth-order valence-electron chi connectivity index (χ4n) is 1.19. The van der Waals surface area contributed by atoms with Gasteiger partial charge in [0.1, 0.15) is 0 Å². The van der Waals surface area contributed by atoms with Crippen molar-refractivity contribution < 1.29 is 4.79 Å². The maximum absolute atomic E-state index is 11.7. The lowest BCUT2D eigenvalue weighted by molar-refractivity contribution is -0.124. The van der Waals surface area contributed by atoms with Gasteiger partial charge in [-0.1, -0.05) is 20.8 Å². The maximum Gasteiger partial charge on any atom is 0.237 e. The Bertz CT molecular complexity index is 343. The van der Waals surface area contributed by atoms with Gasteiger partial charge < -0.3 is 11.1 Å². The first kappa shape index (κ1) is 12.6. The van der Waals surface area contributed by atoms with Crippen LogP contribution in [0.2, 0.25) is 0 Å². The highest BCUT2D eigenvalue weighted by Gasteiger charge is 2.26. The van der Waals surface area contributed by atoms with Gasteiger partial charge in [-0.15, -0.1) is 0 Å². The molecule has 1 atom stereocenters. The number of nitrogens with two attached hydrogens (primary N) is 1. The van der Waals surface area contributed by atoms with E-state index in [-0.39, 0.29) is 11.3 Å². The second-order valence-electron chi connectivity index (χ2n) is 4.92. The average Bonchev–Trinajstić information content (AvgIpc) is 2.25. The summed E-state index contributed by atoms with van der Waals surface area (Å²) in [6, 6.07) is 3.24. The van der Waals surface area contributed by atoms with Gasteiger partial charge in [-0.05, 0) is 23.1 Å². The Labute approximate surface area is 96.3 Å². The molecule has 16 heavy (non-hydrogen) atoms. The maximum atomic E-state index is 11.7. The number of aromatic nitrogens is 1. The summed E-state index contributed by atoms with van der Waals surface area (Å²) in [6.45, 7) is 6.34. The first-order valence-corrected chi connectivity index (χ1v) is 5.33. The summed E-state index contributed by atoms with van der Waals surface area (Å²) >= 11 is 0. The van der Waals surface area contributed by atoms with Gasteiger partial charge in [0.15, 0.2) is 0 Å². The van der Waals surface area contributed by atoms with Crippen molar-refractivity contribution in [3.8, 4) is 0 Å². The lowest BCUT2D eigenvalue weighted by Gasteiger charge is -2.25. The predicted octanol–water partition coefficient (Wildman–Crippen LogP) is 1.07. The topological polar surface area (TPSA) is 68.0 Å². The van der Waals surface area contributed by atoms with Crippen molar-refractivity contribution in [2.24, 2.45) is 11.1 Å². The van der Waals surface area contributed by atoms with Gasteiger partial charge in [0.05, 0.1) is 6.04 Å². The van der Waals surface area contributed by atoms with Gasteiger partial charge >= 0.3 is 0 Å². The van der Waals surface area contributed by atoms with Crippen LogP contribution in [-0.4, -0.2) is 16.9 Å². The molecule has 0 aliphatic rings. The summed E-state index contributed by atoms with van der Waals surface area (Å²) in [7, 11) is 0. The number of nitrogens with one attached hydrogen (secondary N) is 1. The molecule has 1 aromatic rings. The van der Waals surface area contributed by atoms with E-state index >= 15 is 0 Å². The van der Waals surface area contributed by atoms with Crippen LogP contribution < -0.4 is 11.1 Å². The molecule has 3 N–H and O–H groups in total. The fourth-order valence-corrected chi connectivity index (χ4v) is 1.19. The van der Waals surface area contributed by atoms with Crippen molar-refractivity contribution in [1.29, 1.82) is 0 Å². The van der Waals surface area contributed by atoms with Crippen LogP contribution in [0.15, 0.2) is 24.5 Å². The number of carbonyl (C=O) groups is 1. The molecule has 0 fully saturated rings. The zero-order chi connectivity index (χ0) is 12.2. The summed E-state index contributed by atoms with van der Waals surface area (Å²) < 4.78 is 0. The van der Waals surface area contributed by atoms with Crippen molar-refractivity contribution >= 4 is 5.91 Å². The molecule has 0 bridgehead atoms. The minimum atomic E-state index is -0.491. The quantitative estimate of drug-likeness (QED) is 0.802. The Morgan fingerprint density at radius 2 is 2.00 bits per heavy atom. The molecule has 0 aliphatic carbocycles. The third-order valence-electron chi connectivity index (χ3n) is 2.43. The molecular formula is C12H19N3O. The Morgan fingerprint density at radius 3 is 2.50 bits per heavy atom. The summed E-state index contributed by atoms with van der Waals surface area (Å²) in [5, 5.41) is 2.81. The third-order valence-corrected chi connectivity index (χ3v) is 2.43. The minimum Gasteiger partial charge on any atom is -0.351 e. The number of hydrogen-bond donors (Lipinski definition) is 2. The van der Waals surface area contributed by atoms with Crippen molar-refractivity contribution in [2.45, 2.75) is 33.4 Å². The minimum absolute atomic E-state index is 0.121. The lowest BCUT2D eigenvalue weighted by Crippen LogP contribution is -2.48. The molecule has 0 unspecified atom stereocenters. The number of pyridine rings is 1. The monoisotopic (exact) mass is 221 g/mol. The summed E-state index contributed by atoms with van der Waals surface area (Å²) in [6.07, 6.45) is 3.40. The molecule has 1 amide bonds. The molecule has 0 aliphatic heterocycles. The van der Waals surface area contributed by atoms with Crippen molar-refractivity contribution in [3.05, 3.63) is 30.1 Å². The van der Waals surface area contributed by atoms with Crippen LogP contribution in [-0.2, 0) is 11.3 Å². The number of carbonyl (C=O) groups excluding carboxylic acids is 1. The van der Waals surface area contributed by atoms with E-state index < -0.39 is 6.04 Å². The Morgan fingerprint density at radius 1 is 1.44 bits per heavy atom. The zero-order valence-electron chi connectivity index (χ0n) is 10.0. The normalized spacial score (nSPS) is 13.2. The van der Waals surface area contributed by atoms with Crippen molar-refractivity contribution in [3.63, 3.8) is 0 Å². The largest absolute Gasteiger partial charge is 0.351 e. The van der Waals surface area contributed by atoms with Gasteiger partial charge in [0, 0.05) is 18.9 Å². The first-order chi connectivity index (χ1) is 7.41. The van der Waals surface area contributed by atoms with Crippen LogP contribution in [0.25, 0.3) is 0 Å². The van der Waals surface area contributed by atoms with E-state index in [0.29, 0.717) is 6.54 Å². The SMILES string of the molecule is CC(C)(C)[C@H](N)C(=O)NCc1ccncc1. The van der Waals surface area contributed by atoms with Gasteiger partial charge in [-0.3, -0.25) is 9.78 Å². The molecule has 0 saturated carbocycles. The van der Waals surface area contributed by atoms with E-state index in [2.05, 4.69) is 10.3 Å². The highest BCUT2D eigenvalue weighted by Crippen LogP contribution is 2.17. The van der Waals surface area contributed by atoms with Gasteiger partial charge in [0.25, 0.3) is 0 Å². The number of hydrogen-bond acceptors (Lipinski definition) is 3. The molecule has 1 heterocycles. The fraction of sp³-hybridized carbons (Fsp3) is 0.500. The molecule has 0 saturated heterocycles. The van der Waals surface area contributed by atoms with Crippen molar-refractivity contribution in [2.75, 3.05) is 0 Å². The van der Waals surface area contributed by atoms with E-state index in [1.165, 1.54) is 0 Å². The van der Waals surface area contributed by atoms with Crippen LogP contribution in [0.5, 0.6) is 0 Å². The first-order valence-electron chi connectivity index (χ1n) is 5.33. The highest BCUT2D eigenvalue weighted by molar-refractivity contribution is 5.82. The molecule has 0 radical (unpaired) electrons. The summed E-state index contributed by atoms with van der Waals surface area (Å²) in [5.74, 6) is -0.121. The van der Waals surface area contributed by atoms with E-state index in [9.17, 15) is 4.79 Å². The van der Waals surface area contributed by atoms with Gasteiger partial charge in [-0.2, -0.15) is 0 Å². The molecule has 0 spiro atoms. The molecule has 88 valence electrons. The molecule has 4 nitrogen and oxygen atoms in total. The Balaban J connectivity index is 2.48. The second kappa shape index (κ2) is 5.07. The number of nitrogens with zero attached hydrogens (tertiary/aromatic N) is 1. The van der Waals surface area contributed by atoms with Crippen LogP contribution in [0.4, 0.5) is 0 Å². The van der Waals surface area contributed by atoms with Crippen LogP contribution >= 0.6 is 0 Å². The molecule has 1 rings (SSSR count). The molecule has 1 aromatic heterocycles. The second-order valence-corrected chi connectivity index (χ2v) is 4.92. The van der Waals surface area contributed by atoms with Gasteiger partial charge in [-0.25, -0.2) is 0 Å². The smallest absolute Gasteiger partial charge is 0.237 e. The summed E-state index contributed by atoms with van der Waals surface area (Å²) in [4.78, 5) is 15.6. The van der Waals surface area contributed by atoms with Gasteiger partial charge in [0.2, 0.25) is 5.91 Å². The number of rotatable bonds is 3. The highest BCUT2D eigenvalue weighted by atomic mass is 16.2. The van der Waals surface area contributed by atoms with E-state index in [4.69, 9.17) is 5.73 Å². The van der Waals surface area contributed by atoms with E-state index in [0.717, 1.165) is 5.56 Å². The van der Waals surface area contributed by atoms with Crippen LogP contribution in [0.1, 0.15) is 26.3 Å². The lowest BCUT2D eigenvalue weighted by atomic mass is 9.87. The van der Waals surface area contributed by atoms with E-state index in [1.54, 1.807) is 12.4 Å². The van der Waals surface area contributed by atoms with Crippen molar-refractivity contribution in [1.82, 2.24) is 10.3 Å². The molecule has 4 heteroatoms. The third kappa shape index (κ3) is 3.62. The Kier molecular flexibility index (Phi) is 4.01. The Hall–Kier alpha value is -1.42. The molecular weight excluding hydrogens is 202 g/mol. The standard InChI is InChI=1S/C12H19N3O/c1-12(2,3)10(13)11(16)15-8-9-4-6-14-7-5-9/h4-7,10H,8,13H2,1-3H3,(H,15,16)/t10-/m1/s1. The summed E-state index contributed by atoms with van der Waals surface area (Å²) in [5.41, 5.74) is 6.63.